The molecule has 0 saturated carbocycles. The van der Waals surface area contributed by atoms with Gasteiger partial charge in [-0.05, 0) is 158 Å². The van der Waals surface area contributed by atoms with Gasteiger partial charge in [0.2, 0.25) is 0 Å². The van der Waals surface area contributed by atoms with E-state index in [9.17, 15) is 47.9 Å². The molecule has 0 spiro atoms. The van der Waals surface area contributed by atoms with Crippen LogP contribution < -0.4 is 14.2 Å². The number of aldehydes is 2. The number of rotatable bonds is 19. The number of ketones is 1. The number of ether oxygens (including phenoxy) is 7. The van der Waals surface area contributed by atoms with Crippen LogP contribution in [0.25, 0.3) is 12.2 Å². The molecular formula is C72H64Cl2O19. The van der Waals surface area contributed by atoms with E-state index in [0.717, 1.165) is 30.8 Å². The highest BCUT2D eigenvalue weighted by Gasteiger charge is 2.24. The van der Waals surface area contributed by atoms with Crippen LogP contribution in [0.3, 0.4) is 0 Å². The standard InChI is InChI=1S/C19H16O5.C16H12O4.C14H10O3.C7H5ClO.C7H6O2.C6H10O3.C3H5ClO/c20-18(23-13-17-12-22-17)11-8-14-6-9-16(10-7-14)24-19(21)15-4-2-1-3-5-15;17-15(18)11-8-12-6-9-14(10-7-12)20-16(19)13-4-2-1-3-5-13;15-10-11-6-8-13(9-7-11)17-14(16)12-4-2-1-3-5-12;8-7(9)6-4-2-1-3-5-6;8-5-6-1-3-7(9)4-2-6;1-3-9-6(8)4-5(2)7;4-1-3-2-5-3/h1-11,17H,12-13H2;1-11H,(H,17,18);1-10H;1-5H;1-5,9H;3-4H2,1-2H3;3H,1-2H2/b2*11-8+;;;;;. The third-order valence-electron chi connectivity index (χ3n) is 11.4. The van der Waals surface area contributed by atoms with Crippen molar-refractivity contribution in [1.29, 1.82) is 0 Å². The molecular weight excluding hydrogens is 1240 g/mol. The third-order valence-corrected chi connectivity index (χ3v) is 11.9. The van der Waals surface area contributed by atoms with Gasteiger partial charge in [0.05, 0.1) is 48.5 Å². The Kier molecular flexibility index (Phi) is 34.3. The van der Waals surface area contributed by atoms with Crippen molar-refractivity contribution in [2.45, 2.75) is 32.5 Å². The molecule has 2 aliphatic rings. The van der Waals surface area contributed by atoms with Crippen molar-refractivity contribution < 1.29 is 91.3 Å². The molecule has 10 rings (SSSR count). The molecule has 0 aliphatic carbocycles. The maximum absolute atomic E-state index is 11.9. The van der Waals surface area contributed by atoms with Gasteiger partial charge in [-0.15, -0.1) is 11.6 Å². The fourth-order valence-corrected chi connectivity index (χ4v) is 6.85. The van der Waals surface area contributed by atoms with E-state index in [4.69, 9.17) is 61.8 Å². The number of carboxylic acid groups (broad SMARTS) is 1. The summed E-state index contributed by atoms with van der Waals surface area (Å²) in [7, 11) is 0. The SMILES string of the molecule is CCOC(=O)CC(C)=O.ClCC1CO1.O=C(/C=C/c1ccc(OC(=O)c2ccccc2)cc1)OCC1CO1.O=C(Cl)c1ccccc1.O=C(O)/C=C/c1ccc(OC(=O)c2ccccc2)cc1.O=Cc1ccc(O)cc1.O=Cc1ccc(OC(=O)c2ccccc2)cc1. The summed E-state index contributed by atoms with van der Waals surface area (Å²) in [5.74, 6) is -1.16. The normalized spacial score (nSPS) is 12.5. The minimum atomic E-state index is -1.01. The number of carboxylic acids is 1. The van der Waals surface area contributed by atoms with Gasteiger partial charge in [0.25, 0.3) is 5.24 Å². The fraction of sp³-hybridized carbons (Fsp3) is 0.139. The maximum atomic E-state index is 11.9. The number of alkyl halides is 1. The smallest absolute Gasteiger partial charge is 0.343 e. The molecule has 0 bridgehead atoms. The summed E-state index contributed by atoms with van der Waals surface area (Å²) in [6, 6.07) is 60.8. The van der Waals surface area contributed by atoms with Gasteiger partial charge < -0.3 is 43.4 Å². The summed E-state index contributed by atoms with van der Waals surface area (Å²) >= 11 is 10.4. The lowest BCUT2D eigenvalue weighted by Crippen LogP contribution is -2.08. The average molecular weight is 1300 g/mol. The van der Waals surface area contributed by atoms with Gasteiger partial charge in [-0.1, -0.05) is 109 Å². The van der Waals surface area contributed by atoms with E-state index in [1.807, 2.05) is 24.3 Å². The van der Waals surface area contributed by atoms with Gasteiger partial charge in [-0.2, -0.15) is 0 Å². The van der Waals surface area contributed by atoms with Crippen molar-refractivity contribution in [1.82, 2.24) is 0 Å². The van der Waals surface area contributed by atoms with Crippen LogP contribution in [0.15, 0.2) is 231 Å². The van der Waals surface area contributed by atoms with Crippen LogP contribution in [-0.4, -0.2) is 114 Å². The minimum Gasteiger partial charge on any atom is -0.508 e. The van der Waals surface area contributed by atoms with Crippen LogP contribution >= 0.6 is 23.2 Å². The Bertz CT molecular complexity index is 3670. The minimum absolute atomic E-state index is 0.0564. The first-order valence-corrected chi connectivity index (χ1v) is 29.1. The van der Waals surface area contributed by atoms with Gasteiger partial charge in [-0.3, -0.25) is 24.0 Å². The summed E-state index contributed by atoms with van der Waals surface area (Å²) in [4.78, 5) is 109. The molecule has 93 heavy (non-hydrogen) atoms. The molecule has 2 fully saturated rings. The second-order valence-electron chi connectivity index (χ2n) is 18.8. The predicted molar refractivity (Wildman–Crippen MR) is 348 cm³/mol. The molecule has 2 atom stereocenters. The molecule has 19 nitrogen and oxygen atoms in total. The molecule has 0 radical (unpaired) electrons. The molecule has 8 aromatic rings. The van der Waals surface area contributed by atoms with E-state index in [2.05, 4.69) is 4.74 Å². The quantitative estimate of drug-likeness (QED) is 0.0111. The monoisotopic (exact) mass is 1300 g/mol. The Hall–Kier alpha value is -11.0. The second kappa shape index (κ2) is 42.9. The molecule has 0 amide bonds. The van der Waals surface area contributed by atoms with Crippen LogP contribution in [-0.2, 0) is 38.1 Å². The highest BCUT2D eigenvalue weighted by Crippen LogP contribution is 2.18. The van der Waals surface area contributed by atoms with Crippen molar-refractivity contribution in [3.63, 3.8) is 0 Å². The molecule has 2 aliphatic heterocycles. The van der Waals surface area contributed by atoms with Crippen LogP contribution in [0, 0.1) is 0 Å². The largest absolute Gasteiger partial charge is 0.508 e. The van der Waals surface area contributed by atoms with Gasteiger partial charge >= 0.3 is 35.8 Å². The van der Waals surface area contributed by atoms with Gasteiger partial charge in [-0.25, -0.2) is 24.0 Å². The topological polar surface area (TPSA) is 282 Å². The average Bonchev–Trinajstić information content (AvgIpc) is 3.96. The summed E-state index contributed by atoms with van der Waals surface area (Å²) in [5.41, 5.74) is 4.63. The highest BCUT2D eigenvalue weighted by atomic mass is 35.5. The van der Waals surface area contributed by atoms with E-state index in [0.29, 0.717) is 81.4 Å². The van der Waals surface area contributed by atoms with Gasteiger partial charge in [0.15, 0.2) is 0 Å². The summed E-state index contributed by atoms with van der Waals surface area (Å²) in [6.45, 7) is 5.22. The zero-order valence-corrected chi connectivity index (χ0v) is 51.7. The predicted octanol–water partition coefficient (Wildman–Crippen LogP) is 13.0. The number of hydrogen-bond donors (Lipinski definition) is 2. The lowest BCUT2D eigenvalue weighted by atomic mass is 10.2. The third kappa shape index (κ3) is 33.4. The molecule has 21 heteroatoms. The number of aliphatic carboxylic acids is 1. The van der Waals surface area contributed by atoms with E-state index in [1.54, 1.807) is 195 Å². The van der Waals surface area contributed by atoms with Crippen molar-refractivity contribution in [3.8, 4) is 23.0 Å². The fourth-order valence-electron chi connectivity index (χ4n) is 6.54. The summed E-state index contributed by atoms with van der Waals surface area (Å²) in [5, 5.41) is 16.8. The Morgan fingerprint density at radius 3 is 1.12 bits per heavy atom. The molecule has 0 aromatic heterocycles. The van der Waals surface area contributed by atoms with E-state index in [1.165, 1.54) is 31.2 Å². The van der Waals surface area contributed by atoms with Crippen LogP contribution in [0.5, 0.6) is 23.0 Å². The zero-order valence-electron chi connectivity index (χ0n) is 50.2. The number of hydrogen-bond acceptors (Lipinski definition) is 18. The Balaban J connectivity index is 0.000000243. The molecule has 2 N–H and O–H groups in total. The van der Waals surface area contributed by atoms with Crippen molar-refractivity contribution >= 4 is 94.8 Å². The number of phenolic OH excluding ortho intramolecular Hbond substituents is 1. The number of phenols is 1. The lowest BCUT2D eigenvalue weighted by molar-refractivity contribution is -0.145. The number of esters is 5. The van der Waals surface area contributed by atoms with Crippen LogP contribution in [0.2, 0.25) is 0 Å². The molecule has 8 aromatic carbocycles. The van der Waals surface area contributed by atoms with Gasteiger partial charge in [0, 0.05) is 28.8 Å². The summed E-state index contributed by atoms with van der Waals surface area (Å²) in [6.07, 6.45) is 7.33. The van der Waals surface area contributed by atoms with Gasteiger partial charge in [0.1, 0.15) is 60.5 Å². The number of carbonyl (C=O) groups excluding carboxylic acids is 9. The number of epoxide rings is 2. The van der Waals surface area contributed by atoms with Crippen LogP contribution in [0.1, 0.15) is 93.5 Å². The molecule has 2 heterocycles. The first-order valence-electron chi connectivity index (χ1n) is 28.1. The van der Waals surface area contributed by atoms with Crippen LogP contribution in [0.4, 0.5) is 0 Å². The van der Waals surface area contributed by atoms with E-state index in [-0.39, 0.29) is 30.7 Å². The maximum Gasteiger partial charge on any atom is 0.343 e. The first-order chi connectivity index (χ1) is 44.9. The number of benzene rings is 8. The summed E-state index contributed by atoms with van der Waals surface area (Å²) < 4.78 is 34.8. The second-order valence-corrected chi connectivity index (χ2v) is 19.5. The highest BCUT2D eigenvalue weighted by molar-refractivity contribution is 6.67. The number of aromatic hydroxyl groups is 1. The van der Waals surface area contributed by atoms with E-state index < -0.39 is 41.1 Å². The Morgan fingerprint density at radius 2 is 0.828 bits per heavy atom. The number of Topliss-reactive ketones (excluding diaryl/α,β-unsaturated/α-hetero) is 1. The lowest BCUT2D eigenvalue weighted by Gasteiger charge is -2.04. The van der Waals surface area contributed by atoms with Crippen molar-refractivity contribution in [2.24, 2.45) is 0 Å². The number of carbonyl (C=O) groups is 10. The first kappa shape index (κ1) is 74.5. The Labute approximate surface area is 546 Å². The molecule has 2 unspecified atom stereocenters. The van der Waals surface area contributed by atoms with E-state index >= 15 is 0 Å². The molecule has 2 saturated heterocycles. The molecule has 480 valence electrons. The van der Waals surface area contributed by atoms with Crippen molar-refractivity contribution in [2.75, 3.05) is 32.3 Å². The number of halogens is 2. The Morgan fingerprint density at radius 1 is 0.484 bits per heavy atom. The van der Waals surface area contributed by atoms with Crippen molar-refractivity contribution in [3.05, 3.63) is 275 Å². The zero-order chi connectivity index (χ0) is 67.6.